The molecule has 0 bridgehead atoms. The van der Waals surface area contributed by atoms with Crippen LogP contribution in [0.25, 0.3) is 11.5 Å². The van der Waals surface area contributed by atoms with Crippen molar-refractivity contribution in [2.45, 2.75) is 12.3 Å². The van der Waals surface area contributed by atoms with Gasteiger partial charge in [0.25, 0.3) is 0 Å². The lowest BCUT2D eigenvalue weighted by atomic mass is 10.2. The van der Waals surface area contributed by atoms with Crippen molar-refractivity contribution in [2.24, 2.45) is 0 Å². The van der Waals surface area contributed by atoms with E-state index in [9.17, 15) is 9.00 Å². The minimum absolute atomic E-state index is 0.117. The summed E-state index contributed by atoms with van der Waals surface area (Å²) in [4.78, 5) is 12.5. The second-order valence-corrected chi connectivity index (χ2v) is 8.97. The van der Waals surface area contributed by atoms with Crippen LogP contribution in [0.1, 0.15) is 11.1 Å². The van der Waals surface area contributed by atoms with E-state index in [0.29, 0.717) is 11.5 Å². The van der Waals surface area contributed by atoms with E-state index < -0.39 is 10.8 Å². The molecule has 176 valence electrons. The number of amides is 1. The van der Waals surface area contributed by atoms with Crippen LogP contribution in [0.3, 0.4) is 0 Å². The Morgan fingerprint density at radius 1 is 1.00 bits per heavy atom. The highest BCUT2D eigenvalue weighted by Crippen LogP contribution is 2.24. The third kappa shape index (κ3) is 5.37. The smallest absolute Gasteiger partial charge is 0.232 e. The second-order valence-electron chi connectivity index (χ2n) is 7.51. The number of ether oxygens (including phenoxy) is 2. The SMILES string of the molecule is COc1ccc(OC)c(CNC(=O)C[S@](=O)Cc2cnn(-c3ccccc3)c2-n2cccc2)c1. The van der Waals surface area contributed by atoms with Gasteiger partial charge < -0.3 is 19.4 Å². The van der Waals surface area contributed by atoms with E-state index in [2.05, 4.69) is 10.4 Å². The van der Waals surface area contributed by atoms with Crippen LogP contribution in [0, 0.1) is 0 Å². The van der Waals surface area contributed by atoms with E-state index in [1.54, 1.807) is 38.6 Å². The average Bonchev–Trinajstić information content (AvgIpc) is 3.53. The fraction of sp³-hybridized carbons (Fsp3) is 0.200. The molecule has 8 nitrogen and oxygen atoms in total. The minimum atomic E-state index is -1.42. The Labute approximate surface area is 200 Å². The van der Waals surface area contributed by atoms with Crippen molar-refractivity contribution >= 4 is 16.7 Å². The van der Waals surface area contributed by atoms with E-state index in [1.807, 2.05) is 64.1 Å². The predicted molar refractivity (Wildman–Crippen MR) is 131 cm³/mol. The van der Waals surface area contributed by atoms with Gasteiger partial charge in [-0.1, -0.05) is 18.2 Å². The Balaban J connectivity index is 1.44. The van der Waals surface area contributed by atoms with Gasteiger partial charge in [0.2, 0.25) is 5.91 Å². The average molecular weight is 479 g/mol. The summed E-state index contributed by atoms with van der Waals surface area (Å²) in [7, 11) is 1.73. The Kier molecular flexibility index (Phi) is 7.44. The molecular formula is C25H26N4O4S. The van der Waals surface area contributed by atoms with Gasteiger partial charge in [0.1, 0.15) is 23.1 Å². The fourth-order valence-corrected chi connectivity index (χ4v) is 4.67. The molecule has 0 fully saturated rings. The van der Waals surface area contributed by atoms with Crippen LogP contribution >= 0.6 is 0 Å². The molecule has 1 atom stereocenters. The number of carbonyl (C=O) groups excluding carboxylic acids is 1. The summed E-state index contributed by atoms with van der Waals surface area (Å²) in [5, 5.41) is 7.34. The number of rotatable bonds is 10. The van der Waals surface area contributed by atoms with Crippen molar-refractivity contribution in [1.29, 1.82) is 0 Å². The molecule has 9 heteroatoms. The van der Waals surface area contributed by atoms with Crippen LogP contribution in [0.15, 0.2) is 79.3 Å². The highest BCUT2D eigenvalue weighted by Gasteiger charge is 2.18. The number of methoxy groups -OCH3 is 2. The maximum absolute atomic E-state index is 12.9. The lowest BCUT2D eigenvalue weighted by Gasteiger charge is -2.12. The first-order valence-electron chi connectivity index (χ1n) is 10.7. The molecule has 2 aromatic heterocycles. The Hall–Kier alpha value is -3.85. The molecule has 0 aliphatic heterocycles. The normalized spacial score (nSPS) is 11.7. The molecule has 1 amide bonds. The van der Waals surface area contributed by atoms with Gasteiger partial charge in [0, 0.05) is 40.9 Å². The molecule has 4 aromatic rings. The largest absolute Gasteiger partial charge is 0.497 e. The monoisotopic (exact) mass is 478 g/mol. The Morgan fingerprint density at radius 3 is 2.47 bits per heavy atom. The summed E-state index contributed by atoms with van der Waals surface area (Å²) in [5.74, 6) is 1.89. The van der Waals surface area contributed by atoms with E-state index in [0.717, 1.165) is 22.6 Å². The molecule has 0 unspecified atom stereocenters. The number of aromatic nitrogens is 3. The van der Waals surface area contributed by atoms with Crippen LogP contribution in [-0.2, 0) is 27.9 Å². The predicted octanol–water partition coefficient (Wildman–Crippen LogP) is 3.25. The van der Waals surface area contributed by atoms with Crippen LogP contribution in [-0.4, -0.2) is 44.4 Å². The van der Waals surface area contributed by atoms with Crippen molar-refractivity contribution in [3.8, 4) is 23.0 Å². The molecule has 0 aliphatic carbocycles. The van der Waals surface area contributed by atoms with Crippen molar-refractivity contribution < 1.29 is 18.5 Å². The molecule has 4 rings (SSSR count). The van der Waals surface area contributed by atoms with Gasteiger partial charge in [-0.15, -0.1) is 0 Å². The quantitative estimate of drug-likeness (QED) is 0.378. The van der Waals surface area contributed by atoms with Gasteiger partial charge in [-0.05, 0) is 42.5 Å². The third-order valence-corrected chi connectivity index (χ3v) is 6.46. The van der Waals surface area contributed by atoms with E-state index in [4.69, 9.17) is 9.47 Å². The molecule has 0 saturated heterocycles. The molecule has 0 spiro atoms. The highest BCUT2D eigenvalue weighted by atomic mass is 32.2. The summed E-state index contributed by atoms with van der Waals surface area (Å²) in [5.41, 5.74) is 2.47. The zero-order chi connectivity index (χ0) is 23.9. The first-order chi connectivity index (χ1) is 16.6. The van der Waals surface area contributed by atoms with Crippen molar-refractivity contribution in [3.63, 3.8) is 0 Å². The van der Waals surface area contributed by atoms with E-state index >= 15 is 0 Å². The molecule has 2 heterocycles. The summed E-state index contributed by atoms with van der Waals surface area (Å²) >= 11 is 0. The number of carbonyl (C=O) groups is 1. The third-order valence-electron chi connectivity index (χ3n) is 5.24. The lowest BCUT2D eigenvalue weighted by molar-refractivity contribution is -0.118. The van der Waals surface area contributed by atoms with Gasteiger partial charge >= 0.3 is 0 Å². The number of nitrogens with zero attached hydrogens (tertiary/aromatic N) is 3. The Morgan fingerprint density at radius 2 is 1.76 bits per heavy atom. The standard InChI is InChI=1S/C25H26N4O4S/c1-32-22-10-11-23(33-2)19(14-22)15-26-24(30)18-34(31)17-20-16-27-29(21-8-4-3-5-9-21)25(20)28-12-6-7-13-28/h3-14,16H,15,17-18H2,1-2H3,(H,26,30)/t34-/m1/s1. The van der Waals surface area contributed by atoms with E-state index in [-0.39, 0.29) is 24.0 Å². The Bertz CT molecular complexity index is 1270. The van der Waals surface area contributed by atoms with Crippen molar-refractivity contribution in [3.05, 3.63) is 90.4 Å². The summed E-state index contributed by atoms with van der Waals surface area (Å²) < 4.78 is 27.2. The van der Waals surface area contributed by atoms with Gasteiger partial charge in [-0.25, -0.2) is 4.68 Å². The van der Waals surface area contributed by atoms with Gasteiger partial charge in [0.05, 0.1) is 31.9 Å². The van der Waals surface area contributed by atoms with Gasteiger partial charge in [-0.2, -0.15) is 5.10 Å². The summed E-state index contributed by atoms with van der Waals surface area (Å²) in [6, 6.07) is 19.0. The number of hydrogen-bond donors (Lipinski definition) is 1. The first kappa shape index (κ1) is 23.3. The zero-order valence-corrected chi connectivity index (χ0v) is 19.8. The summed E-state index contributed by atoms with van der Waals surface area (Å²) in [6.45, 7) is 0.247. The minimum Gasteiger partial charge on any atom is -0.497 e. The van der Waals surface area contributed by atoms with Crippen LogP contribution in [0.2, 0.25) is 0 Å². The first-order valence-corrected chi connectivity index (χ1v) is 12.2. The molecule has 0 radical (unpaired) electrons. The van der Waals surface area contributed by atoms with Crippen LogP contribution in [0.4, 0.5) is 0 Å². The van der Waals surface area contributed by atoms with Crippen LogP contribution < -0.4 is 14.8 Å². The molecule has 0 aliphatic rings. The maximum Gasteiger partial charge on any atom is 0.232 e. The molecule has 2 aromatic carbocycles. The topological polar surface area (TPSA) is 87.4 Å². The zero-order valence-electron chi connectivity index (χ0n) is 19.0. The molecule has 1 N–H and O–H groups in total. The second kappa shape index (κ2) is 10.8. The fourth-order valence-electron chi connectivity index (χ4n) is 3.62. The molecule has 34 heavy (non-hydrogen) atoms. The number of para-hydroxylation sites is 1. The number of nitrogens with one attached hydrogen (secondary N) is 1. The maximum atomic E-state index is 12.9. The lowest BCUT2D eigenvalue weighted by Crippen LogP contribution is -2.28. The van der Waals surface area contributed by atoms with Crippen LogP contribution in [0.5, 0.6) is 11.5 Å². The van der Waals surface area contributed by atoms with Crippen molar-refractivity contribution in [2.75, 3.05) is 20.0 Å². The molecular weight excluding hydrogens is 452 g/mol. The van der Waals surface area contributed by atoms with Gasteiger partial charge in [0.15, 0.2) is 0 Å². The molecule has 0 saturated carbocycles. The van der Waals surface area contributed by atoms with E-state index in [1.165, 1.54) is 0 Å². The summed E-state index contributed by atoms with van der Waals surface area (Å²) in [6.07, 6.45) is 5.54. The highest BCUT2D eigenvalue weighted by molar-refractivity contribution is 7.84. The number of benzene rings is 2. The number of hydrogen-bond acceptors (Lipinski definition) is 5. The van der Waals surface area contributed by atoms with Crippen molar-refractivity contribution in [1.82, 2.24) is 19.7 Å². The van der Waals surface area contributed by atoms with Gasteiger partial charge in [-0.3, -0.25) is 9.00 Å².